The molecule has 1 aromatic carbocycles. The summed E-state index contributed by atoms with van der Waals surface area (Å²) >= 11 is 5.85. The lowest BCUT2D eigenvalue weighted by Crippen LogP contribution is -2.14. The van der Waals surface area contributed by atoms with Crippen LogP contribution in [0.3, 0.4) is 0 Å². The van der Waals surface area contributed by atoms with Gasteiger partial charge in [0.15, 0.2) is 0 Å². The van der Waals surface area contributed by atoms with E-state index >= 15 is 0 Å². The molecule has 0 aliphatic rings. The van der Waals surface area contributed by atoms with Crippen LogP contribution in [0.1, 0.15) is 18.7 Å². The molecule has 1 heterocycles. The predicted molar refractivity (Wildman–Crippen MR) is 63.7 cm³/mol. The van der Waals surface area contributed by atoms with E-state index in [1.807, 2.05) is 14.0 Å². The van der Waals surface area contributed by atoms with Crippen molar-refractivity contribution in [3.63, 3.8) is 0 Å². The van der Waals surface area contributed by atoms with Crippen molar-refractivity contribution in [2.24, 2.45) is 0 Å². The van der Waals surface area contributed by atoms with Crippen molar-refractivity contribution in [3.05, 3.63) is 29.2 Å². The van der Waals surface area contributed by atoms with Crippen LogP contribution in [-0.2, 0) is 0 Å². The highest BCUT2D eigenvalue weighted by Gasteiger charge is 2.12. The Morgan fingerprint density at radius 2 is 2.12 bits per heavy atom. The Bertz CT molecular complexity index is 525. The lowest BCUT2D eigenvalue weighted by atomic mass is 10.1. The van der Waals surface area contributed by atoms with Crippen LogP contribution in [0.15, 0.2) is 18.2 Å². The van der Waals surface area contributed by atoms with Crippen LogP contribution in [0, 0.1) is 0 Å². The lowest BCUT2D eigenvalue weighted by molar-refractivity contribution is 0.476. The number of phenolic OH excluding ortho intramolecular Hbond substituents is 1. The number of aromatic hydroxyl groups is 1. The fourth-order valence-electron chi connectivity index (χ4n) is 1.58. The number of phenols is 1. The maximum absolute atomic E-state index is 9.39. The molecule has 0 saturated heterocycles. The van der Waals surface area contributed by atoms with Gasteiger partial charge in [-0.15, -0.1) is 0 Å². The number of rotatable bonds is 2. The molecule has 0 fully saturated rings. The van der Waals surface area contributed by atoms with Crippen molar-refractivity contribution in [2.75, 3.05) is 7.05 Å². The number of halogens is 1. The third-order valence-electron chi connectivity index (χ3n) is 2.53. The number of nitrogens with zero attached hydrogens (tertiary/aromatic N) is 2. The third-order valence-corrected chi connectivity index (χ3v) is 2.69. The Balaban J connectivity index is 2.72. The second kappa shape index (κ2) is 4.23. The third kappa shape index (κ3) is 1.94. The van der Waals surface area contributed by atoms with E-state index < -0.39 is 0 Å². The largest absolute Gasteiger partial charge is 0.508 e. The van der Waals surface area contributed by atoms with Crippen LogP contribution < -0.4 is 5.32 Å². The summed E-state index contributed by atoms with van der Waals surface area (Å²) in [5, 5.41) is 13.6. The van der Waals surface area contributed by atoms with E-state index in [-0.39, 0.29) is 17.1 Å². The van der Waals surface area contributed by atoms with Crippen molar-refractivity contribution in [1.29, 1.82) is 0 Å². The highest BCUT2D eigenvalue weighted by atomic mass is 35.5. The predicted octanol–water partition coefficient (Wildman–Crippen LogP) is 2.27. The summed E-state index contributed by atoms with van der Waals surface area (Å²) in [6.07, 6.45) is 0. The zero-order valence-electron chi connectivity index (χ0n) is 9.03. The first-order chi connectivity index (χ1) is 7.61. The van der Waals surface area contributed by atoms with Crippen LogP contribution >= 0.6 is 11.6 Å². The van der Waals surface area contributed by atoms with E-state index in [1.165, 1.54) is 0 Å². The molecule has 0 amide bonds. The van der Waals surface area contributed by atoms with Gasteiger partial charge >= 0.3 is 0 Å². The smallest absolute Gasteiger partial charge is 0.223 e. The summed E-state index contributed by atoms with van der Waals surface area (Å²) in [5.74, 6) is 0.172. The molecule has 2 N–H and O–H groups in total. The van der Waals surface area contributed by atoms with Crippen molar-refractivity contribution in [1.82, 2.24) is 15.3 Å². The van der Waals surface area contributed by atoms with Gasteiger partial charge < -0.3 is 10.4 Å². The number of nitrogens with one attached hydrogen (secondary N) is 1. The molecule has 0 spiro atoms. The molecule has 2 rings (SSSR count). The van der Waals surface area contributed by atoms with Gasteiger partial charge in [0.2, 0.25) is 5.28 Å². The van der Waals surface area contributed by atoms with Crippen LogP contribution in [-0.4, -0.2) is 22.1 Å². The molecule has 16 heavy (non-hydrogen) atoms. The van der Waals surface area contributed by atoms with E-state index in [2.05, 4.69) is 15.3 Å². The number of hydrogen-bond acceptors (Lipinski definition) is 4. The highest BCUT2D eigenvalue weighted by molar-refractivity contribution is 6.28. The van der Waals surface area contributed by atoms with Crippen molar-refractivity contribution < 1.29 is 5.11 Å². The molecule has 0 aliphatic carbocycles. The number of aromatic nitrogens is 2. The van der Waals surface area contributed by atoms with Gasteiger partial charge in [-0.05, 0) is 37.7 Å². The quantitative estimate of drug-likeness (QED) is 0.787. The molecule has 4 nitrogen and oxygen atoms in total. The molecule has 1 aromatic heterocycles. The van der Waals surface area contributed by atoms with Crippen molar-refractivity contribution in [2.45, 2.75) is 13.0 Å². The van der Waals surface area contributed by atoms with Crippen LogP contribution in [0.2, 0.25) is 5.28 Å². The zero-order valence-corrected chi connectivity index (χ0v) is 9.78. The molecule has 0 aliphatic heterocycles. The first-order valence-corrected chi connectivity index (χ1v) is 5.33. The first kappa shape index (κ1) is 11.1. The van der Waals surface area contributed by atoms with Gasteiger partial charge in [-0.1, -0.05) is 0 Å². The van der Waals surface area contributed by atoms with E-state index in [4.69, 9.17) is 11.6 Å². The second-order valence-corrected chi connectivity index (χ2v) is 3.93. The molecule has 1 unspecified atom stereocenters. The summed E-state index contributed by atoms with van der Waals surface area (Å²) in [7, 11) is 1.85. The highest BCUT2D eigenvalue weighted by Crippen LogP contribution is 2.25. The topological polar surface area (TPSA) is 58.0 Å². The van der Waals surface area contributed by atoms with Gasteiger partial charge in [0.25, 0.3) is 0 Å². The summed E-state index contributed by atoms with van der Waals surface area (Å²) in [6, 6.07) is 5.07. The molecule has 0 bridgehead atoms. The Hall–Kier alpha value is -1.39. The SMILES string of the molecule is CNC(C)c1nc(Cl)nc2cc(O)ccc12. The average molecular weight is 238 g/mol. The molecule has 2 aromatic rings. The average Bonchev–Trinajstić information content (AvgIpc) is 2.26. The Morgan fingerprint density at radius 3 is 2.81 bits per heavy atom. The normalized spacial score (nSPS) is 12.9. The summed E-state index contributed by atoms with van der Waals surface area (Å²) in [4.78, 5) is 8.29. The Labute approximate surface area is 98.3 Å². The van der Waals surface area contributed by atoms with Gasteiger partial charge in [0, 0.05) is 17.5 Å². The van der Waals surface area contributed by atoms with Gasteiger partial charge in [-0.25, -0.2) is 9.97 Å². The van der Waals surface area contributed by atoms with E-state index in [1.54, 1.807) is 18.2 Å². The van der Waals surface area contributed by atoms with Crippen molar-refractivity contribution >= 4 is 22.5 Å². The summed E-state index contributed by atoms with van der Waals surface area (Å²) in [5.41, 5.74) is 1.48. The van der Waals surface area contributed by atoms with E-state index in [0.717, 1.165) is 11.1 Å². The van der Waals surface area contributed by atoms with Crippen LogP contribution in [0.5, 0.6) is 5.75 Å². The van der Waals surface area contributed by atoms with Crippen LogP contribution in [0.4, 0.5) is 0 Å². The number of benzene rings is 1. The number of fused-ring (bicyclic) bond motifs is 1. The first-order valence-electron chi connectivity index (χ1n) is 4.95. The Kier molecular flexibility index (Phi) is 2.94. The van der Waals surface area contributed by atoms with Gasteiger partial charge in [0.1, 0.15) is 5.75 Å². The van der Waals surface area contributed by atoms with Gasteiger partial charge in [-0.2, -0.15) is 0 Å². The summed E-state index contributed by atoms with van der Waals surface area (Å²) in [6.45, 7) is 1.99. The zero-order chi connectivity index (χ0) is 11.7. The van der Waals surface area contributed by atoms with Crippen LogP contribution in [0.25, 0.3) is 10.9 Å². The minimum Gasteiger partial charge on any atom is -0.508 e. The molecular weight excluding hydrogens is 226 g/mol. The molecule has 1 atom stereocenters. The van der Waals surface area contributed by atoms with Gasteiger partial charge in [0.05, 0.1) is 11.2 Å². The fraction of sp³-hybridized carbons (Fsp3) is 0.273. The monoisotopic (exact) mass is 237 g/mol. The maximum Gasteiger partial charge on any atom is 0.223 e. The second-order valence-electron chi connectivity index (χ2n) is 3.59. The molecular formula is C11H12ClN3O. The molecule has 0 radical (unpaired) electrons. The fourth-order valence-corrected chi connectivity index (χ4v) is 1.76. The molecule has 5 heteroatoms. The minimum absolute atomic E-state index is 0.0764. The standard InChI is InChI=1S/C11H12ClN3O/c1-6(13-2)10-8-4-3-7(16)5-9(8)14-11(12)15-10/h3-6,13,16H,1-2H3. The van der Waals surface area contributed by atoms with E-state index in [0.29, 0.717) is 5.52 Å². The molecule has 84 valence electrons. The van der Waals surface area contributed by atoms with Crippen molar-refractivity contribution in [3.8, 4) is 5.75 Å². The van der Waals surface area contributed by atoms with E-state index in [9.17, 15) is 5.11 Å². The van der Waals surface area contributed by atoms with Gasteiger partial charge in [-0.3, -0.25) is 0 Å². The number of hydrogen-bond donors (Lipinski definition) is 2. The minimum atomic E-state index is 0.0764. The molecule has 0 saturated carbocycles. The summed E-state index contributed by atoms with van der Waals surface area (Å²) < 4.78 is 0. The maximum atomic E-state index is 9.39. The lowest BCUT2D eigenvalue weighted by Gasteiger charge is -2.12. The Morgan fingerprint density at radius 1 is 1.38 bits per heavy atom.